The van der Waals surface area contributed by atoms with Gasteiger partial charge in [-0.05, 0) is 31.2 Å². The fourth-order valence-electron chi connectivity index (χ4n) is 3.62. The van der Waals surface area contributed by atoms with Gasteiger partial charge in [-0.15, -0.1) is 0 Å². The number of fused-ring (bicyclic) bond motifs is 1. The van der Waals surface area contributed by atoms with Crippen LogP contribution in [0.2, 0.25) is 0 Å². The van der Waals surface area contributed by atoms with Crippen LogP contribution in [0.4, 0.5) is 14.5 Å². The first-order chi connectivity index (χ1) is 13.5. The predicted molar refractivity (Wildman–Crippen MR) is 104 cm³/mol. The summed E-state index contributed by atoms with van der Waals surface area (Å²) < 4.78 is 38.3. The SMILES string of the molecule is COc1c(F)cc(F)cc1-c1cc2ccc(N3CCNC(C)C3)cc2oc1=O. The predicted octanol–water partition coefficient (Wildman–Crippen LogP) is 3.54. The highest BCUT2D eigenvalue weighted by Crippen LogP contribution is 2.33. The lowest BCUT2D eigenvalue weighted by atomic mass is 10.0. The number of piperazine rings is 1. The van der Waals surface area contributed by atoms with Gasteiger partial charge in [-0.1, -0.05) is 0 Å². The summed E-state index contributed by atoms with van der Waals surface area (Å²) in [5.41, 5.74) is 0.781. The fraction of sp³-hybridized carbons (Fsp3) is 0.286. The summed E-state index contributed by atoms with van der Waals surface area (Å²) in [6, 6.07) is 9.33. The second kappa shape index (κ2) is 7.24. The number of anilines is 1. The van der Waals surface area contributed by atoms with Gasteiger partial charge in [0.15, 0.2) is 11.6 Å². The Morgan fingerprint density at radius 2 is 2.00 bits per heavy atom. The molecule has 0 radical (unpaired) electrons. The normalized spacial score (nSPS) is 17.1. The van der Waals surface area contributed by atoms with E-state index in [4.69, 9.17) is 9.15 Å². The molecular weight excluding hydrogens is 366 g/mol. The van der Waals surface area contributed by atoms with Crippen LogP contribution in [0, 0.1) is 11.6 Å². The summed E-state index contributed by atoms with van der Waals surface area (Å²) in [6.45, 7) is 4.71. The molecule has 3 aromatic rings. The minimum Gasteiger partial charge on any atom is -0.493 e. The van der Waals surface area contributed by atoms with Crippen molar-refractivity contribution >= 4 is 16.7 Å². The molecule has 0 saturated carbocycles. The Balaban J connectivity index is 1.80. The lowest BCUT2D eigenvalue weighted by molar-refractivity contribution is 0.385. The van der Waals surface area contributed by atoms with E-state index in [2.05, 4.69) is 17.1 Å². The van der Waals surface area contributed by atoms with Crippen LogP contribution in [0.5, 0.6) is 5.75 Å². The summed E-state index contributed by atoms with van der Waals surface area (Å²) in [5, 5.41) is 4.05. The maximum atomic E-state index is 14.0. The van der Waals surface area contributed by atoms with E-state index in [1.807, 2.05) is 18.2 Å². The third-order valence-corrected chi connectivity index (χ3v) is 4.96. The minimum absolute atomic E-state index is 0.0238. The van der Waals surface area contributed by atoms with E-state index in [9.17, 15) is 13.6 Å². The van der Waals surface area contributed by atoms with Gasteiger partial charge in [-0.25, -0.2) is 13.6 Å². The van der Waals surface area contributed by atoms with E-state index in [0.717, 1.165) is 31.4 Å². The van der Waals surface area contributed by atoms with Gasteiger partial charge in [-0.2, -0.15) is 0 Å². The Morgan fingerprint density at radius 3 is 2.75 bits per heavy atom. The molecule has 146 valence electrons. The molecule has 1 aromatic heterocycles. The second-order valence-corrected chi connectivity index (χ2v) is 6.94. The van der Waals surface area contributed by atoms with Gasteiger partial charge in [0.2, 0.25) is 0 Å². The monoisotopic (exact) mass is 386 g/mol. The lowest BCUT2D eigenvalue weighted by Crippen LogP contribution is -2.49. The van der Waals surface area contributed by atoms with Crippen LogP contribution >= 0.6 is 0 Å². The lowest BCUT2D eigenvalue weighted by Gasteiger charge is -2.33. The van der Waals surface area contributed by atoms with E-state index in [-0.39, 0.29) is 16.9 Å². The van der Waals surface area contributed by atoms with Gasteiger partial charge in [0.25, 0.3) is 0 Å². The van der Waals surface area contributed by atoms with Crippen molar-refractivity contribution in [1.82, 2.24) is 5.32 Å². The van der Waals surface area contributed by atoms with Gasteiger partial charge >= 0.3 is 5.63 Å². The molecule has 1 N–H and O–H groups in total. The number of benzene rings is 2. The van der Waals surface area contributed by atoms with Crippen LogP contribution in [0.15, 0.2) is 45.6 Å². The van der Waals surface area contributed by atoms with Crippen molar-refractivity contribution in [3.63, 3.8) is 0 Å². The molecule has 1 fully saturated rings. The third kappa shape index (κ3) is 3.33. The van der Waals surface area contributed by atoms with Crippen LogP contribution in [0.3, 0.4) is 0 Å². The Morgan fingerprint density at radius 1 is 1.18 bits per heavy atom. The summed E-state index contributed by atoms with van der Waals surface area (Å²) in [5.74, 6) is -1.87. The largest absolute Gasteiger partial charge is 0.493 e. The van der Waals surface area contributed by atoms with Crippen molar-refractivity contribution in [3.8, 4) is 16.9 Å². The van der Waals surface area contributed by atoms with Crippen LogP contribution in [-0.2, 0) is 0 Å². The zero-order valence-corrected chi connectivity index (χ0v) is 15.6. The molecule has 7 heteroatoms. The van der Waals surface area contributed by atoms with E-state index in [0.29, 0.717) is 23.1 Å². The molecule has 0 spiro atoms. The van der Waals surface area contributed by atoms with Gasteiger partial charge in [-0.3, -0.25) is 0 Å². The van der Waals surface area contributed by atoms with Crippen molar-refractivity contribution in [2.75, 3.05) is 31.6 Å². The smallest absolute Gasteiger partial charge is 0.344 e. The number of rotatable bonds is 3. The first kappa shape index (κ1) is 18.4. The van der Waals surface area contributed by atoms with Crippen molar-refractivity contribution in [2.45, 2.75) is 13.0 Å². The molecule has 2 aromatic carbocycles. The quantitative estimate of drug-likeness (QED) is 0.698. The maximum absolute atomic E-state index is 14.0. The zero-order valence-electron chi connectivity index (χ0n) is 15.6. The average molecular weight is 386 g/mol. The van der Waals surface area contributed by atoms with Crippen molar-refractivity contribution < 1.29 is 17.9 Å². The molecule has 1 atom stereocenters. The van der Waals surface area contributed by atoms with E-state index < -0.39 is 17.3 Å². The molecule has 0 aliphatic carbocycles. The Bertz CT molecular complexity index is 1100. The third-order valence-electron chi connectivity index (χ3n) is 4.96. The molecule has 1 aliphatic rings. The van der Waals surface area contributed by atoms with E-state index >= 15 is 0 Å². The summed E-state index contributed by atoms with van der Waals surface area (Å²) in [7, 11) is 1.27. The van der Waals surface area contributed by atoms with E-state index in [1.54, 1.807) is 6.07 Å². The molecule has 28 heavy (non-hydrogen) atoms. The number of hydrogen-bond donors (Lipinski definition) is 1. The highest BCUT2D eigenvalue weighted by Gasteiger charge is 2.19. The Labute approximate surface area is 160 Å². The van der Waals surface area contributed by atoms with Gasteiger partial charge in [0, 0.05) is 54.4 Å². The zero-order chi connectivity index (χ0) is 19.8. The second-order valence-electron chi connectivity index (χ2n) is 6.94. The van der Waals surface area contributed by atoms with E-state index in [1.165, 1.54) is 7.11 Å². The first-order valence-electron chi connectivity index (χ1n) is 9.06. The maximum Gasteiger partial charge on any atom is 0.344 e. The first-order valence-corrected chi connectivity index (χ1v) is 9.06. The Kier molecular flexibility index (Phi) is 4.77. The number of nitrogens with one attached hydrogen (secondary N) is 1. The molecule has 1 unspecified atom stereocenters. The minimum atomic E-state index is -0.875. The van der Waals surface area contributed by atoms with Crippen LogP contribution in [-0.4, -0.2) is 32.8 Å². The van der Waals surface area contributed by atoms with Crippen molar-refractivity contribution in [2.24, 2.45) is 0 Å². The summed E-state index contributed by atoms with van der Waals surface area (Å²) in [4.78, 5) is 14.8. The van der Waals surface area contributed by atoms with Crippen molar-refractivity contribution in [1.29, 1.82) is 0 Å². The topological polar surface area (TPSA) is 54.7 Å². The number of hydrogen-bond acceptors (Lipinski definition) is 5. The van der Waals surface area contributed by atoms with Crippen molar-refractivity contribution in [3.05, 3.63) is 58.5 Å². The summed E-state index contributed by atoms with van der Waals surface area (Å²) in [6.07, 6.45) is 0. The number of methoxy groups -OCH3 is 1. The fourth-order valence-corrected chi connectivity index (χ4v) is 3.62. The molecule has 1 aliphatic heterocycles. The number of ether oxygens (including phenoxy) is 1. The standard InChI is InChI=1S/C21H20F2N2O3/c1-12-11-25(6-5-24-12)15-4-3-13-7-17(21(26)28-19(13)10-15)16-8-14(22)9-18(23)20(16)27-2/h3-4,7-10,12,24H,5-6,11H2,1-2H3. The highest BCUT2D eigenvalue weighted by molar-refractivity contribution is 5.85. The number of halogens is 2. The summed E-state index contributed by atoms with van der Waals surface area (Å²) >= 11 is 0. The number of nitrogens with zero attached hydrogens (tertiary/aromatic N) is 1. The van der Waals surface area contributed by atoms with Crippen LogP contribution in [0.25, 0.3) is 22.1 Å². The molecule has 0 bridgehead atoms. The molecule has 2 heterocycles. The van der Waals surface area contributed by atoms with Crippen LogP contribution < -0.4 is 20.6 Å². The Hall–Kier alpha value is -2.93. The average Bonchev–Trinajstić information content (AvgIpc) is 2.66. The molecule has 1 saturated heterocycles. The van der Waals surface area contributed by atoms with Crippen LogP contribution in [0.1, 0.15) is 6.92 Å². The van der Waals surface area contributed by atoms with Gasteiger partial charge < -0.3 is 19.4 Å². The highest BCUT2D eigenvalue weighted by atomic mass is 19.1. The van der Waals surface area contributed by atoms with Gasteiger partial charge in [0.05, 0.1) is 12.7 Å². The molecular formula is C21H20F2N2O3. The molecule has 0 amide bonds. The molecule has 4 rings (SSSR count). The van der Waals surface area contributed by atoms with Gasteiger partial charge in [0.1, 0.15) is 11.4 Å². The molecule has 5 nitrogen and oxygen atoms in total.